The van der Waals surface area contributed by atoms with Gasteiger partial charge in [-0.3, -0.25) is 9.48 Å². The van der Waals surface area contributed by atoms with Crippen molar-refractivity contribution in [1.29, 1.82) is 0 Å². The molecule has 2 aromatic heterocycles. The molecular formula is C19H22N4O2. The van der Waals surface area contributed by atoms with Gasteiger partial charge in [0.15, 0.2) is 5.65 Å². The second kappa shape index (κ2) is 7.44. The van der Waals surface area contributed by atoms with Crippen molar-refractivity contribution in [1.82, 2.24) is 20.1 Å². The maximum absolute atomic E-state index is 12.5. The molecule has 0 saturated heterocycles. The van der Waals surface area contributed by atoms with E-state index in [-0.39, 0.29) is 5.91 Å². The molecule has 130 valence electrons. The molecule has 0 bridgehead atoms. The topological polar surface area (TPSA) is 69.0 Å². The van der Waals surface area contributed by atoms with E-state index in [9.17, 15) is 4.79 Å². The van der Waals surface area contributed by atoms with Crippen molar-refractivity contribution in [3.63, 3.8) is 0 Å². The number of hydrogen-bond donors (Lipinski definition) is 1. The van der Waals surface area contributed by atoms with Crippen molar-refractivity contribution in [2.45, 2.75) is 27.0 Å². The molecule has 3 aromatic rings. The first-order valence-corrected chi connectivity index (χ1v) is 8.32. The fourth-order valence-corrected chi connectivity index (χ4v) is 2.79. The lowest BCUT2D eigenvalue weighted by molar-refractivity contribution is 0.0949. The van der Waals surface area contributed by atoms with Gasteiger partial charge in [-0.15, -0.1) is 0 Å². The number of amides is 1. The minimum absolute atomic E-state index is 0.149. The van der Waals surface area contributed by atoms with Crippen LogP contribution in [0.2, 0.25) is 0 Å². The molecule has 6 heteroatoms. The predicted molar refractivity (Wildman–Crippen MR) is 96.2 cm³/mol. The number of carbonyl (C=O) groups is 1. The van der Waals surface area contributed by atoms with E-state index < -0.39 is 0 Å². The van der Waals surface area contributed by atoms with Crippen LogP contribution in [0.3, 0.4) is 0 Å². The summed E-state index contributed by atoms with van der Waals surface area (Å²) in [4.78, 5) is 16.9. The number of hydrogen-bond acceptors (Lipinski definition) is 4. The molecule has 0 spiro atoms. The van der Waals surface area contributed by atoms with Gasteiger partial charge in [-0.25, -0.2) is 4.98 Å². The second-order valence-corrected chi connectivity index (χ2v) is 5.89. The first-order chi connectivity index (χ1) is 12.1. The third kappa shape index (κ3) is 3.69. The fraction of sp³-hybridized carbons (Fsp3) is 0.316. The van der Waals surface area contributed by atoms with Crippen LogP contribution >= 0.6 is 0 Å². The van der Waals surface area contributed by atoms with Crippen LogP contribution in [0, 0.1) is 6.92 Å². The van der Waals surface area contributed by atoms with Crippen LogP contribution < -0.4 is 5.32 Å². The van der Waals surface area contributed by atoms with Crippen LogP contribution in [0.25, 0.3) is 11.0 Å². The summed E-state index contributed by atoms with van der Waals surface area (Å²) in [6.45, 7) is 5.54. The maximum atomic E-state index is 12.5. The Bertz CT molecular complexity index is 902. The maximum Gasteiger partial charge on any atom is 0.253 e. The van der Waals surface area contributed by atoms with E-state index in [2.05, 4.69) is 15.4 Å². The van der Waals surface area contributed by atoms with Crippen LogP contribution in [0.5, 0.6) is 0 Å². The van der Waals surface area contributed by atoms with Gasteiger partial charge in [0.05, 0.1) is 17.9 Å². The molecule has 0 aliphatic rings. The van der Waals surface area contributed by atoms with E-state index in [1.165, 1.54) is 0 Å². The molecule has 3 rings (SSSR count). The third-order valence-electron chi connectivity index (χ3n) is 4.14. The van der Waals surface area contributed by atoms with E-state index >= 15 is 0 Å². The van der Waals surface area contributed by atoms with E-state index in [0.717, 1.165) is 27.9 Å². The third-order valence-corrected chi connectivity index (χ3v) is 4.14. The van der Waals surface area contributed by atoms with E-state index in [1.807, 2.05) is 51.2 Å². The van der Waals surface area contributed by atoms with Gasteiger partial charge in [0, 0.05) is 31.8 Å². The Labute approximate surface area is 146 Å². The molecule has 0 atom stereocenters. The van der Waals surface area contributed by atoms with Gasteiger partial charge < -0.3 is 10.1 Å². The highest BCUT2D eigenvalue weighted by Gasteiger charge is 2.12. The number of benzene rings is 1. The summed E-state index contributed by atoms with van der Waals surface area (Å²) in [5.41, 5.74) is 4.31. The number of aryl methyl sites for hydroxylation is 2. The summed E-state index contributed by atoms with van der Waals surface area (Å²) in [5, 5.41) is 8.19. The smallest absolute Gasteiger partial charge is 0.253 e. The van der Waals surface area contributed by atoms with Crippen molar-refractivity contribution in [3.8, 4) is 0 Å². The van der Waals surface area contributed by atoms with Crippen LogP contribution in [0.1, 0.15) is 34.1 Å². The number of rotatable bonds is 6. The molecule has 0 aliphatic heterocycles. The van der Waals surface area contributed by atoms with E-state index in [4.69, 9.17) is 4.74 Å². The first kappa shape index (κ1) is 17.1. The summed E-state index contributed by atoms with van der Waals surface area (Å²) in [6, 6.07) is 9.80. The average molecular weight is 338 g/mol. The molecule has 0 aliphatic carbocycles. The van der Waals surface area contributed by atoms with Crippen LogP contribution in [-0.2, 0) is 24.9 Å². The zero-order valence-corrected chi connectivity index (χ0v) is 14.7. The summed E-state index contributed by atoms with van der Waals surface area (Å²) in [6.07, 6.45) is 1.59. The van der Waals surface area contributed by atoms with Gasteiger partial charge in [-0.1, -0.05) is 24.3 Å². The Hall–Kier alpha value is -2.73. The van der Waals surface area contributed by atoms with Crippen LogP contribution in [0.15, 0.2) is 36.5 Å². The fourth-order valence-electron chi connectivity index (χ4n) is 2.79. The first-order valence-electron chi connectivity index (χ1n) is 8.32. The second-order valence-electron chi connectivity index (χ2n) is 5.89. The Kier molecular flexibility index (Phi) is 5.09. The molecule has 0 fully saturated rings. The molecule has 0 saturated carbocycles. The van der Waals surface area contributed by atoms with E-state index in [0.29, 0.717) is 25.3 Å². The lowest BCUT2D eigenvalue weighted by Gasteiger charge is -2.11. The number of carbonyl (C=O) groups excluding carboxylic acids is 1. The van der Waals surface area contributed by atoms with Crippen molar-refractivity contribution in [3.05, 3.63) is 58.9 Å². The van der Waals surface area contributed by atoms with Crippen molar-refractivity contribution in [2.75, 3.05) is 6.61 Å². The highest BCUT2D eigenvalue weighted by Crippen LogP contribution is 2.17. The van der Waals surface area contributed by atoms with Crippen LogP contribution in [0.4, 0.5) is 0 Å². The number of aromatic nitrogens is 3. The zero-order chi connectivity index (χ0) is 17.8. The molecule has 0 radical (unpaired) electrons. The summed E-state index contributed by atoms with van der Waals surface area (Å²) in [7, 11) is 1.84. The molecule has 0 unspecified atom stereocenters. The van der Waals surface area contributed by atoms with E-state index in [1.54, 1.807) is 10.9 Å². The Morgan fingerprint density at radius 2 is 2.04 bits per heavy atom. The monoisotopic (exact) mass is 338 g/mol. The summed E-state index contributed by atoms with van der Waals surface area (Å²) >= 11 is 0. The Morgan fingerprint density at radius 3 is 2.80 bits per heavy atom. The van der Waals surface area contributed by atoms with Gasteiger partial charge in [-0.2, -0.15) is 5.10 Å². The lowest BCUT2D eigenvalue weighted by Crippen LogP contribution is -2.23. The molecule has 1 amide bonds. The average Bonchev–Trinajstić information content (AvgIpc) is 2.92. The van der Waals surface area contributed by atoms with Gasteiger partial charge >= 0.3 is 0 Å². The molecule has 1 aromatic carbocycles. The minimum atomic E-state index is -0.149. The Balaban J connectivity index is 1.74. The van der Waals surface area contributed by atoms with Gasteiger partial charge in [0.2, 0.25) is 0 Å². The summed E-state index contributed by atoms with van der Waals surface area (Å²) in [5.74, 6) is -0.149. The number of ether oxygens (including phenoxy) is 1. The SMILES string of the molecule is CCOCc1ccccc1CNC(=O)c1cnc2c(c1)c(C)nn2C. The lowest BCUT2D eigenvalue weighted by atomic mass is 10.1. The van der Waals surface area contributed by atoms with Gasteiger partial charge in [0.1, 0.15) is 0 Å². The number of pyridine rings is 1. The quantitative estimate of drug-likeness (QED) is 0.750. The Morgan fingerprint density at radius 1 is 1.28 bits per heavy atom. The van der Waals surface area contributed by atoms with Crippen molar-refractivity contribution < 1.29 is 9.53 Å². The molecule has 1 N–H and O–H groups in total. The number of nitrogens with zero attached hydrogens (tertiary/aromatic N) is 3. The standard InChI is InChI=1S/C19H22N4O2/c1-4-25-12-15-8-6-5-7-14(15)10-21-19(24)16-9-17-13(2)22-23(3)18(17)20-11-16/h5-9,11H,4,10,12H2,1-3H3,(H,21,24). The van der Waals surface area contributed by atoms with Crippen molar-refractivity contribution in [2.24, 2.45) is 7.05 Å². The highest BCUT2D eigenvalue weighted by molar-refractivity contribution is 5.97. The van der Waals surface area contributed by atoms with Crippen molar-refractivity contribution >= 4 is 16.9 Å². The number of fused-ring (bicyclic) bond motifs is 1. The highest BCUT2D eigenvalue weighted by atomic mass is 16.5. The minimum Gasteiger partial charge on any atom is -0.377 e. The predicted octanol–water partition coefficient (Wildman–Crippen LogP) is 2.74. The molecular weight excluding hydrogens is 316 g/mol. The summed E-state index contributed by atoms with van der Waals surface area (Å²) < 4.78 is 7.20. The largest absolute Gasteiger partial charge is 0.377 e. The van der Waals surface area contributed by atoms with Gasteiger partial charge in [0.25, 0.3) is 5.91 Å². The zero-order valence-electron chi connectivity index (χ0n) is 14.7. The number of nitrogens with one attached hydrogen (secondary N) is 1. The molecule has 25 heavy (non-hydrogen) atoms. The van der Waals surface area contributed by atoms with Crippen LogP contribution in [-0.4, -0.2) is 27.3 Å². The molecule has 2 heterocycles. The molecule has 6 nitrogen and oxygen atoms in total. The normalized spacial score (nSPS) is 11.0. The van der Waals surface area contributed by atoms with Gasteiger partial charge in [-0.05, 0) is 31.0 Å².